The lowest BCUT2D eigenvalue weighted by molar-refractivity contribution is 0.0650. The lowest BCUT2D eigenvalue weighted by Gasteiger charge is -2.33. The highest BCUT2D eigenvalue weighted by atomic mass is 127. The fourth-order valence-electron chi connectivity index (χ4n) is 2.52. The van der Waals surface area contributed by atoms with Crippen molar-refractivity contribution in [2.75, 3.05) is 12.4 Å². The molecule has 1 aromatic rings. The summed E-state index contributed by atoms with van der Waals surface area (Å²) in [5.41, 5.74) is 0.820. The molecule has 0 saturated heterocycles. The van der Waals surface area contributed by atoms with Crippen LogP contribution >= 0.6 is 45.5 Å². The Bertz CT molecular complexity index is 403. The van der Waals surface area contributed by atoms with Crippen LogP contribution in [-0.4, -0.2) is 29.3 Å². The van der Waals surface area contributed by atoms with Gasteiger partial charge < -0.3 is 4.90 Å². The van der Waals surface area contributed by atoms with E-state index in [1.54, 1.807) is 11.3 Å². The Morgan fingerprint density at radius 2 is 2.17 bits per heavy atom. The molecule has 1 saturated carbocycles. The Balaban J connectivity index is 2.10. The molecule has 2 nitrogen and oxygen atoms in total. The van der Waals surface area contributed by atoms with Crippen LogP contribution in [0.3, 0.4) is 0 Å². The van der Waals surface area contributed by atoms with E-state index < -0.39 is 0 Å². The second-order valence-electron chi connectivity index (χ2n) is 4.62. The lowest BCUT2D eigenvalue weighted by Crippen LogP contribution is -2.42. The molecule has 0 atom stereocenters. The monoisotopic (exact) mass is 397 g/mol. The predicted octanol–water partition coefficient (Wildman–Crippen LogP) is 4.37. The minimum Gasteiger partial charge on any atom is -0.334 e. The Labute approximate surface area is 131 Å². The summed E-state index contributed by atoms with van der Waals surface area (Å²) >= 11 is 9.74. The van der Waals surface area contributed by atoms with Gasteiger partial charge in [-0.3, -0.25) is 4.79 Å². The Morgan fingerprint density at radius 1 is 1.44 bits per heavy atom. The van der Waals surface area contributed by atoms with Crippen LogP contribution in [0, 0.1) is 2.88 Å². The van der Waals surface area contributed by atoms with Crippen molar-refractivity contribution in [3.05, 3.63) is 19.9 Å². The molecule has 18 heavy (non-hydrogen) atoms. The summed E-state index contributed by atoms with van der Waals surface area (Å²) in [5.74, 6) is 0.672. The van der Waals surface area contributed by atoms with Gasteiger partial charge in [0.1, 0.15) is 0 Å². The van der Waals surface area contributed by atoms with Crippen LogP contribution < -0.4 is 0 Å². The van der Waals surface area contributed by atoms with Crippen LogP contribution in [0.2, 0.25) is 0 Å². The van der Waals surface area contributed by atoms with Gasteiger partial charge in [0, 0.05) is 23.8 Å². The van der Waals surface area contributed by atoms with Crippen LogP contribution in [0.4, 0.5) is 0 Å². The fraction of sp³-hybridized carbons (Fsp3) is 0.615. The molecule has 0 aromatic carbocycles. The molecule has 1 aliphatic rings. The van der Waals surface area contributed by atoms with E-state index in [4.69, 9.17) is 11.6 Å². The number of hydrogen-bond acceptors (Lipinski definition) is 2. The third-order valence-electron chi connectivity index (χ3n) is 3.42. The molecular formula is C13H17ClINOS. The summed E-state index contributed by atoms with van der Waals surface area (Å²) in [6, 6.07) is 2.36. The molecule has 100 valence electrons. The number of alkyl halides is 1. The molecule has 0 spiro atoms. The van der Waals surface area contributed by atoms with Crippen molar-refractivity contribution in [3.8, 4) is 0 Å². The molecular weight excluding hydrogens is 381 g/mol. The number of carbonyl (C=O) groups excluding carboxylic acids is 1. The standard InChI is InChI=1S/C13H17ClINOS/c14-6-7-16(11-4-2-1-3-5-11)13(17)10-8-12(15)18-9-10/h8-9,11H,1-7H2. The van der Waals surface area contributed by atoms with Crippen molar-refractivity contribution >= 4 is 51.4 Å². The minimum atomic E-state index is 0.154. The minimum absolute atomic E-state index is 0.154. The highest BCUT2D eigenvalue weighted by Gasteiger charge is 2.26. The van der Waals surface area contributed by atoms with Gasteiger partial charge in [0.05, 0.1) is 8.45 Å². The van der Waals surface area contributed by atoms with E-state index in [1.165, 1.54) is 19.3 Å². The van der Waals surface area contributed by atoms with E-state index in [0.29, 0.717) is 18.5 Å². The van der Waals surface area contributed by atoms with Crippen LogP contribution in [0.5, 0.6) is 0 Å². The molecule has 1 aliphatic carbocycles. The Hall–Kier alpha value is 0.190. The number of carbonyl (C=O) groups is 1. The first-order valence-electron chi connectivity index (χ1n) is 6.33. The summed E-state index contributed by atoms with van der Waals surface area (Å²) in [4.78, 5) is 14.5. The van der Waals surface area contributed by atoms with E-state index in [1.807, 2.05) is 16.3 Å². The maximum atomic E-state index is 12.5. The van der Waals surface area contributed by atoms with Gasteiger partial charge in [-0.25, -0.2) is 0 Å². The zero-order valence-electron chi connectivity index (χ0n) is 10.2. The third-order valence-corrected chi connectivity index (χ3v) is 5.37. The van der Waals surface area contributed by atoms with Gasteiger partial charge >= 0.3 is 0 Å². The van der Waals surface area contributed by atoms with Gasteiger partial charge in [0.25, 0.3) is 5.91 Å². The van der Waals surface area contributed by atoms with Gasteiger partial charge in [0.15, 0.2) is 0 Å². The fourth-order valence-corrected chi connectivity index (χ4v) is 4.02. The molecule has 1 heterocycles. The maximum Gasteiger partial charge on any atom is 0.255 e. The highest BCUT2D eigenvalue weighted by Crippen LogP contribution is 2.25. The van der Waals surface area contributed by atoms with Crippen LogP contribution in [0.1, 0.15) is 42.5 Å². The van der Waals surface area contributed by atoms with E-state index >= 15 is 0 Å². The van der Waals surface area contributed by atoms with Crippen molar-refractivity contribution in [1.82, 2.24) is 4.90 Å². The average Bonchev–Trinajstić information content (AvgIpc) is 2.83. The molecule has 0 bridgehead atoms. The predicted molar refractivity (Wildman–Crippen MR) is 85.7 cm³/mol. The number of halogens is 2. The molecule has 1 amide bonds. The molecule has 0 radical (unpaired) electrons. The Morgan fingerprint density at radius 3 is 2.72 bits per heavy atom. The molecule has 0 aliphatic heterocycles. The van der Waals surface area contributed by atoms with E-state index in [-0.39, 0.29) is 5.91 Å². The van der Waals surface area contributed by atoms with Crippen LogP contribution in [0.25, 0.3) is 0 Å². The largest absolute Gasteiger partial charge is 0.334 e. The summed E-state index contributed by atoms with van der Waals surface area (Å²) in [5, 5.41) is 1.95. The SMILES string of the molecule is O=C(c1csc(I)c1)N(CCCl)C1CCCCC1. The van der Waals surface area contributed by atoms with Gasteiger partial charge in [-0.05, 0) is 41.5 Å². The molecule has 5 heteroatoms. The number of amides is 1. The second-order valence-corrected chi connectivity index (χ2v) is 7.80. The van der Waals surface area contributed by atoms with E-state index in [9.17, 15) is 4.79 Å². The van der Waals surface area contributed by atoms with Crippen molar-refractivity contribution in [3.63, 3.8) is 0 Å². The first-order valence-corrected chi connectivity index (χ1v) is 8.82. The van der Waals surface area contributed by atoms with Crippen LogP contribution in [-0.2, 0) is 0 Å². The summed E-state index contributed by atoms with van der Waals surface area (Å²) in [6.07, 6.45) is 6.03. The van der Waals surface area contributed by atoms with Gasteiger partial charge in [-0.1, -0.05) is 19.3 Å². The molecule has 1 aromatic heterocycles. The number of thiophene rings is 1. The van der Waals surface area contributed by atoms with Gasteiger partial charge in [-0.15, -0.1) is 22.9 Å². The summed E-state index contributed by atoms with van der Waals surface area (Å²) in [7, 11) is 0. The van der Waals surface area contributed by atoms with E-state index in [2.05, 4.69) is 22.6 Å². The third kappa shape index (κ3) is 3.61. The van der Waals surface area contributed by atoms with Crippen molar-refractivity contribution in [1.29, 1.82) is 0 Å². The molecule has 1 fully saturated rings. The first-order chi connectivity index (χ1) is 8.72. The van der Waals surface area contributed by atoms with Gasteiger partial charge in [0.2, 0.25) is 0 Å². The van der Waals surface area contributed by atoms with Crippen molar-refractivity contribution < 1.29 is 4.79 Å². The molecule has 0 unspecified atom stereocenters. The number of rotatable bonds is 4. The van der Waals surface area contributed by atoms with Crippen LogP contribution in [0.15, 0.2) is 11.4 Å². The summed E-state index contributed by atoms with van der Waals surface area (Å²) < 4.78 is 1.16. The van der Waals surface area contributed by atoms with Crippen molar-refractivity contribution in [2.45, 2.75) is 38.1 Å². The second kappa shape index (κ2) is 7.10. The Kier molecular flexibility index (Phi) is 5.76. The zero-order chi connectivity index (χ0) is 13.0. The zero-order valence-corrected chi connectivity index (χ0v) is 13.9. The van der Waals surface area contributed by atoms with E-state index in [0.717, 1.165) is 21.3 Å². The smallest absolute Gasteiger partial charge is 0.255 e. The van der Waals surface area contributed by atoms with Gasteiger partial charge in [-0.2, -0.15) is 0 Å². The number of hydrogen-bond donors (Lipinski definition) is 0. The molecule has 2 rings (SSSR count). The first kappa shape index (κ1) is 14.6. The summed E-state index contributed by atoms with van der Waals surface area (Å²) in [6.45, 7) is 0.664. The number of nitrogens with zero attached hydrogens (tertiary/aromatic N) is 1. The molecule has 0 N–H and O–H groups in total. The van der Waals surface area contributed by atoms with Crippen molar-refractivity contribution in [2.24, 2.45) is 0 Å². The maximum absolute atomic E-state index is 12.5. The quantitative estimate of drug-likeness (QED) is 0.546. The lowest BCUT2D eigenvalue weighted by atomic mass is 9.94. The average molecular weight is 398 g/mol. The highest BCUT2D eigenvalue weighted by molar-refractivity contribution is 14.1. The normalized spacial score (nSPS) is 16.8. The topological polar surface area (TPSA) is 20.3 Å².